The smallest absolute Gasteiger partial charge is 0.573 e. The van der Waals surface area contributed by atoms with E-state index in [-0.39, 0.29) is 16.5 Å². The average Bonchev–Trinajstić information content (AvgIpc) is 2.84. The molecule has 0 bridgehead atoms. The van der Waals surface area contributed by atoms with E-state index in [1.54, 1.807) is 6.08 Å². The minimum atomic E-state index is 0. The molecule has 3 heteroatoms. The van der Waals surface area contributed by atoms with Crippen molar-refractivity contribution in [3.63, 3.8) is 0 Å². The first-order valence-corrected chi connectivity index (χ1v) is 6.13. The molecule has 0 saturated heterocycles. The number of para-hydroxylation sites is 2. The summed E-state index contributed by atoms with van der Waals surface area (Å²) in [6, 6.07) is 7.56. The maximum atomic E-state index is 5.19. The number of allylic oxidation sites excluding steroid dienone is 1. The fraction of sp³-hybridized carbons (Fsp3) is 0.400. The standard InChI is InChI=1S/C8H15.C7H4NO.Ni/c1-3-5-7-8-6-4-2;1-2-4-7-6(3-1)8-5-9-7;/h1,3H,4-8H2,2H3;1-4H;/q2*-1;+2. The van der Waals surface area contributed by atoms with E-state index in [9.17, 15) is 0 Å². The summed E-state index contributed by atoms with van der Waals surface area (Å²) in [7, 11) is 0. The maximum Gasteiger partial charge on any atom is 2.00 e. The molecule has 0 aliphatic carbocycles. The van der Waals surface area contributed by atoms with Gasteiger partial charge in [-0.15, -0.1) is 6.07 Å². The number of rotatable bonds is 5. The van der Waals surface area contributed by atoms with E-state index in [2.05, 4.69) is 18.3 Å². The Morgan fingerprint density at radius 2 is 2.06 bits per heavy atom. The van der Waals surface area contributed by atoms with Gasteiger partial charge in [-0.2, -0.15) is 0 Å². The molecule has 0 fully saturated rings. The topological polar surface area (TPSA) is 26.0 Å². The molecule has 0 atom stereocenters. The molecule has 2 rings (SSSR count). The van der Waals surface area contributed by atoms with E-state index < -0.39 is 0 Å². The van der Waals surface area contributed by atoms with Gasteiger partial charge in [0.1, 0.15) is 6.39 Å². The summed E-state index contributed by atoms with van der Waals surface area (Å²) >= 11 is 0. The molecule has 0 radical (unpaired) electrons. The summed E-state index contributed by atoms with van der Waals surface area (Å²) in [6.45, 7) is 7.40. The van der Waals surface area contributed by atoms with Gasteiger partial charge in [0.05, 0.1) is 0 Å². The minimum Gasteiger partial charge on any atom is -0.573 e. The molecule has 1 aromatic heterocycles. The first-order valence-electron chi connectivity index (χ1n) is 6.13. The summed E-state index contributed by atoms with van der Waals surface area (Å²) < 4.78 is 4.88. The second-order valence-electron chi connectivity index (χ2n) is 3.86. The number of fused-ring (bicyclic) bond motifs is 1. The van der Waals surface area contributed by atoms with Crippen LogP contribution in [0, 0.1) is 13.0 Å². The Balaban J connectivity index is 0.000000308. The molecule has 0 aliphatic heterocycles. The van der Waals surface area contributed by atoms with E-state index in [4.69, 9.17) is 11.0 Å². The molecule has 1 aromatic carbocycles. The molecular formula is C15H19NNiO. The Kier molecular flexibility index (Phi) is 10.4. The van der Waals surface area contributed by atoms with Crippen LogP contribution < -0.4 is 0 Å². The third kappa shape index (κ3) is 6.61. The van der Waals surface area contributed by atoms with Crippen molar-refractivity contribution in [3.05, 3.63) is 43.3 Å². The first kappa shape index (κ1) is 16.9. The summed E-state index contributed by atoms with van der Waals surface area (Å²) in [6.07, 6.45) is 10.5. The van der Waals surface area contributed by atoms with Crippen LogP contribution in [0.3, 0.4) is 0 Å². The van der Waals surface area contributed by atoms with Crippen molar-refractivity contribution < 1.29 is 20.9 Å². The molecule has 0 amide bonds. The molecule has 0 saturated carbocycles. The number of oxazole rings is 1. The molecule has 2 nitrogen and oxygen atoms in total. The molecule has 100 valence electrons. The van der Waals surface area contributed by atoms with E-state index in [0.717, 1.165) is 17.5 Å². The van der Waals surface area contributed by atoms with Gasteiger partial charge in [0.15, 0.2) is 0 Å². The molecule has 0 unspecified atom stereocenters. The second kappa shape index (κ2) is 11.0. The van der Waals surface area contributed by atoms with Crippen molar-refractivity contribution in [2.45, 2.75) is 39.0 Å². The maximum absolute atomic E-state index is 5.19. The molecule has 2 aromatic rings. The van der Waals surface area contributed by atoms with Crippen molar-refractivity contribution >= 4 is 11.1 Å². The number of unbranched alkanes of at least 4 members (excludes halogenated alkanes) is 4. The Bertz CT molecular complexity index is 395. The number of hydrogen-bond acceptors (Lipinski definition) is 2. The zero-order valence-electron chi connectivity index (χ0n) is 10.7. The van der Waals surface area contributed by atoms with E-state index in [1.807, 2.05) is 24.3 Å². The average molecular weight is 288 g/mol. The first-order chi connectivity index (χ1) is 8.38. The molecular weight excluding hydrogens is 269 g/mol. The normalized spacial score (nSPS) is 9.17. The molecule has 0 aliphatic rings. The van der Waals surface area contributed by atoms with Gasteiger partial charge in [-0.05, 0) is 11.1 Å². The fourth-order valence-electron chi connectivity index (χ4n) is 1.45. The van der Waals surface area contributed by atoms with Crippen LogP contribution in [0.5, 0.6) is 0 Å². The zero-order chi connectivity index (χ0) is 12.3. The van der Waals surface area contributed by atoms with Gasteiger partial charge in [0.2, 0.25) is 0 Å². The van der Waals surface area contributed by atoms with Gasteiger partial charge in [-0.3, -0.25) is 6.08 Å². The van der Waals surface area contributed by atoms with Crippen LogP contribution in [-0.4, -0.2) is 4.98 Å². The van der Waals surface area contributed by atoms with Crippen LogP contribution in [0.15, 0.2) is 34.8 Å². The van der Waals surface area contributed by atoms with Gasteiger partial charge in [0, 0.05) is 0 Å². The largest absolute Gasteiger partial charge is 2.00 e. The van der Waals surface area contributed by atoms with Crippen molar-refractivity contribution in [3.8, 4) is 0 Å². The predicted octanol–water partition coefficient (Wildman–Crippen LogP) is 4.57. The Morgan fingerprint density at radius 3 is 2.72 bits per heavy atom. The fourth-order valence-corrected chi connectivity index (χ4v) is 1.45. The Hall–Kier alpha value is -1.08. The molecule has 1 heterocycles. The van der Waals surface area contributed by atoms with Crippen molar-refractivity contribution in [1.82, 2.24) is 4.98 Å². The van der Waals surface area contributed by atoms with Crippen molar-refractivity contribution in [1.29, 1.82) is 0 Å². The quantitative estimate of drug-likeness (QED) is 0.457. The van der Waals surface area contributed by atoms with Crippen molar-refractivity contribution in [2.24, 2.45) is 0 Å². The van der Waals surface area contributed by atoms with Crippen LogP contribution in [0.2, 0.25) is 0 Å². The summed E-state index contributed by atoms with van der Waals surface area (Å²) in [5.41, 5.74) is 1.65. The minimum absolute atomic E-state index is 0. The van der Waals surface area contributed by atoms with Gasteiger partial charge in [0.25, 0.3) is 0 Å². The number of aromatic nitrogens is 1. The van der Waals surface area contributed by atoms with Gasteiger partial charge < -0.3 is 16.0 Å². The summed E-state index contributed by atoms with van der Waals surface area (Å²) in [4.78, 5) is 3.83. The second-order valence-corrected chi connectivity index (χ2v) is 3.86. The van der Waals surface area contributed by atoms with Crippen LogP contribution in [0.4, 0.5) is 0 Å². The predicted molar refractivity (Wildman–Crippen MR) is 70.5 cm³/mol. The Morgan fingerprint density at radius 1 is 1.28 bits per heavy atom. The SMILES string of the molecule is [CH-]=CCCCCCC.[Ni+2].[c-]1nc2ccccc2o1. The third-order valence-corrected chi connectivity index (χ3v) is 2.41. The van der Waals surface area contributed by atoms with Crippen LogP contribution in [0.25, 0.3) is 11.1 Å². The van der Waals surface area contributed by atoms with Gasteiger partial charge in [-0.1, -0.05) is 57.2 Å². The molecule has 0 spiro atoms. The monoisotopic (exact) mass is 287 g/mol. The van der Waals surface area contributed by atoms with Crippen molar-refractivity contribution in [2.75, 3.05) is 0 Å². The number of benzene rings is 1. The van der Waals surface area contributed by atoms with E-state index >= 15 is 0 Å². The van der Waals surface area contributed by atoms with Crippen LogP contribution in [0.1, 0.15) is 39.0 Å². The van der Waals surface area contributed by atoms with Gasteiger partial charge in [-0.25, -0.2) is 0 Å². The molecule has 0 N–H and O–H groups in total. The van der Waals surface area contributed by atoms with Crippen LogP contribution >= 0.6 is 0 Å². The van der Waals surface area contributed by atoms with E-state index in [1.165, 1.54) is 25.7 Å². The van der Waals surface area contributed by atoms with Gasteiger partial charge >= 0.3 is 16.5 Å². The Labute approximate surface area is 119 Å². The van der Waals surface area contributed by atoms with Crippen LogP contribution in [-0.2, 0) is 16.5 Å². The third-order valence-electron chi connectivity index (χ3n) is 2.41. The summed E-state index contributed by atoms with van der Waals surface area (Å²) in [5.74, 6) is 0. The number of hydrogen-bond donors (Lipinski definition) is 0. The van der Waals surface area contributed by atoms with E-state index in [0.29, 0.717) is 0 Å². The molecule has 18 heavy (non-hydrogen) atoms. The zero-order valence-corrected chi connectivity index (χ0v) is 11.7. The summed E-state index contributed by atoms with van der Waals surface area (Å²) in [5, 5.41) is 0. The number of nitrogens with zero attached hydrogens (tertiary/aromatic N) is 1.